The van der Waals surface area contributed by atoms with Crippen LogP contribution in [0, 0.1) is 6.92 Å². The van der Waals surface area contributed by atoms with Crippen molar-refractivity contribution in [3.63, 3.8) is 0 Å². The number of hydrogen-bond acceptors (Lipinski definition) is 3. The lowest BCUT2D eigenvalue weighted by Gasteiger charge is -2.11. The maximum Gasteiger partial charge on any atom is 0.253 e. The molecule has 112 valence electrons. The number of benzene rings is 1. The van der Waals surface area contributed by atoms with Crippen molar-refractivity contribution in [1.82, 2.24) is 15.1 Å². The molecule has 1 aromatic heterocycles. The third-order valence-electron chi connectivity index (χ3n) is 3.22. The van der Waals surface area contributed by atoms with Crippen molar-refractivity contribution < 1.29 is 4.79 Å². The number of aromatic nitrogens is 2. The van der Waals surface area contributed by atoms with E-state index in [9.17, 15) is 4.79 Å². The molecule has 1 heterocycles. The van der Waals surface area contributed by atoms with E-state index in [1.54, 1.807) is 4.68 Å². The number of rotatable bonds is 6. The maximum atomic E-state index is 12.3. The zero-order valence-electron chi connectivity index (χ0n) is 12.8. The molecule has 1 aromatic carbocycles. The maximum absolute atomic E-state index is 12.3. The van der Waals surface area contributed by atoms with Gasteiger partial charge in [0.05, 0.1) is 11.3 Å². The SMILES string of the molecule is CCNc1cc(C)ccc1C(=O)NCCc1ccn(C)n1. The van der Waals surface area contributed by atoms with Crippen LogP contribution in [-0.2, 0) is 13.5 Å². The summed E-state index contributed by atoms with van der Waals surface area (Å²) in [5, 5.41) is 10.5. The highest BCUT2D eigenvalue weighted by Gasteiger charge is 2.10. The summed E-state index contributed by atoms with van der Waals surface area (Å²) in [6.45, 7) is 5.40. The lowest BCUT2D eigenvalue weighted by Crippen LogP contribution is -2.26. The van der Waals surface area contributed by atoms with E-state index in [4.69, 9.17) is 0 Å². The van der Waals surface area contributed by atoms with Crippen LogP contribution in [0.3, 0.4) is 0 Å². The smallest absolute Gasteiger partial charge is 0.253 e. The Balaban J connectivity index is 1.96. The first-order chi connectivity index (χ1) is 10.1. The first kappa shape index (κ1) is 15.1. The van der Waals surface area contributed by atoms with Gasteiger partial charge < -0.3 is 10.6 Å². The summed E-state index contributed by atoms with van der Waals surface area (Å²) >= 11 is 0. The van der Waals surface area contributed by atoms with Crippen LogP contribution >= 0.6 is 0 Å². The van der Waals surface area contributed by atoms with Crippen molar-refractivity contribution in [2.75, 3.05) is 18.4 Å². The minimum absolute atomic E-state index is 0.0538. The lowest BCUT2D eigenvalue weighted by molar-refractivity contribution is 0.0955. The highest BCUT2D eigenvalue weighted by molar-refractivity contribution is 5.99. The molecule has 2 aromatic rings. The number of nitrogens with one attached hydrogen (secondary N) is 2. The predicted octanol–water partition coefficient (Wildman–Crippen LogP) is 2.13. The Morgan fingerprint density at radius 1 is 1.33 bits per heavy atom. The van der Waals surface area contributed by atoms with Crippen LogP contribution in [0.2, 0.25) is 0 Å². The molecule has 0 atom stereocenters. The van der Waals surface area contributed by atoms with E-state index in [-0.39, 0.29) is 5.91 Å². The highest BCUT2D eigenvalue weighted by atomic mass is 16.1. The molecule has 5 heteroatoms. The zero-order chi connectivity index (χ0) is 15.2. The number of hydrogen-bond donors (Lipinski definition) is 2. The van der Waals surface area contributed by atoms with Gasteiger partial charge in [-0.3, -0.25) is 9.48 Å². The van der Waals surface area contributed by atoms with Gasteiger partial charge in [-0.25, -0.2) is 0 Å². The van der Waals surface area contributed by atoms with E-state index in [0.29, 0.717) is 12.1 Å². The lowest BCUT2D eigenvalue weighted by atomic mass is 10.1. The molecule has 0 bridgehead atoms. The molecule has 2 rings (SSSR count). The van der Waals surface area contributed by atoms with Crippen molar-refractivity contribution in [2.45, 2.75) is 20.3 Å². The monoisotopic (exact) mass is 286 g/mol. The van der Waals surface area contributed by atoms with E-state index in [0.717, 1.165) is 29.9 Å². The molecule has 1 amide bonds. The quantitative estimate of drug-likeness (QED) is 0.855. The van der Waals surface area contributed by atoms with E-state index >= 15 is 0 Å². The van der Waals surface area contributed by atoms with E-state index in [2.05, 4.69) is 15.7 Å². The molecule has 0 aliphatic carbocycles. The predicted molar refractivity (Wildman–Crippen MR) is 84.6 cm³/mol. The summed E-state index contributed by atoms with van der Waals surface area (Å²) in [5.74, 6) is -0.0538. The molecule has 0 saturated heterocycles. The fraction of sp³-hybridized carbons (Fsp3) is 0.375. The molecule has 0 fully saturated rings. The second kappa shape index (κ2) is 6.92. The first-order valence-corrected chi connectivity index (χ1v) is 7.21. The fourth-order valence-electron chi connectivity index (χ4n) is 2.19. The summed E-state index contributed by atoms with van der Waals surface area (Å²) in [6, 6.07) is 7.77. The Bertz CT molecular complexity index is 618. The van der Waals surface area contributed by atoms with Gasteiger partial charge in [-0.15, -0.1) is 0 Å². The molecule has 0 saturated carbocycles. The molecule has 2 N–H and O–H groups in total. The molecule has 0 aliphatic heterocycles. The largest absolute Gasteiger partial charge is 0.385 e. The molecular weight excluding hydrogens is 264 g/mol. The molecule has 5 nitrogen and oxygen atoms in total. The number of carbonyl (C=O) groups excluding carboxylic acids is 1. The number of aryl methyl sites for hydroxylation is 2. The van der Waals surface area contributed by atoms with E-state index < -0.39 is 0 Å². The van der Waals surface area contributed by atoms with Gasteiger partial charge >= 0.3 is 0 Å². The molecule has 0 spiro atoms. The number of carbonyl (C=O) groups is 1. The highest BCUT2D eigenvalue weighted by Crippen LogP contribution is 2.17. The van der Waals surface area contributed by atoms with Gasteiger partial charge in [-0.05, 0) is 37.6 Å². The van der Waals surface area contributed by atoms with Crippen molar-refractivity contribution in [3.05, 3.63) is 47.3 Å². The summed E-state index contributed by atoms with van der Waals surface area (Å²) < 4.78 is 1.76. The Kier molecular flexibility index (Phi) is 4.98. The van der Waals surface area contributed by atoms with E-state index in [1.807, 2.05) is 51.4 Å². The average Bonchev–Trinajstić information content (AvgIpc) is 2.85. The molecular formula is C16H22N4O. The summed E-state index contributed by atoms with van der Waals surface area (Å²) in [4.78, 5) is 12.3. The Morgan fingerprint density at radius 3 is 2.81 bits per heavy atom. The second-order valence-corrected chi connectivity index (χ2v) is 5.07. The Labute approximate surface area is 125 Å². The van der Waals surface area contributed by atoms with Gasteiger partial charge in [-0.1, -0.05) is 6.07 Å². The van der Waals surface area contributed by atoms with Crippen LogP contribution in [0.25, 0.3) is 0 Å². The molecule has 0 aliphatic rings. The van der Waals surface area contributed by atoms with Gasteiger partial charge in [0.2, 0.25) is 0 Å². The molecule has 21 heavy (non-hydrogen) atoms. The van der Waals surface area contributed by atoms with Crippen molar-refractivity contribution >= 4 is 11.6 Å². The van der Waals surface area contributed by atoms with Crippen LogP contribution in [0.4, 0.5) is 5.69 Å². The third kappa shape index (κ3) is 4.08. The van der Waals surface area contributed by atoms with Gasteiger partial charge in [0, 0.05) is 38.4 Å². The Morgan fingerprint density at radius 2 is 2.14 bits per heavy atom. The summed E-state index contributed by atoms with van der Waals surface area (Å²) in [6.07, 6.45) is 2.63. The topological polar surface area (TPSA) is 59.0 Å². The molecule has 0 unspecified atom stereocenters. The van der Waals surface area contributed by atoms with Crippen molar-refractivity contribution in [2.24, 2.45) is 7.05 Å². The summed E-state index contributed by atoms with van der Waals surface area (Å²) in [5.41, 5.74) is 3.68. The third-order valence-corrected chi connectivity index (χ3v) is 3.22. The van der Waals surface area contributed by atoms with Crippen LogP contribution in [0.1, 0.15) is 28.5 Å². The Hall–Kier alpha value is -2.30. The standard InChI is InChI=1S/C16H22N4O/c1-4-17-15-11-12(2)5-6-14(15)16(21)18-9-7-13-8-10-20(3)19-13/h5-6,8,10-11,17H,4,7,9H2,1-3H3,(H,18,21). The van der Waals surface area contributed by atoms with Crippen LogP contribution in [0.5, 0.6) is 0 Å². The van der Waals surface area contributed by atoms with Crippen LogP contribution in [-0.4, -0.2) is 28.8 Å². The number of amides is 1. The van der Waals surface area contributed by atoms with Crippen molar-refractivity contribution in [1.29, 1.82) is 0 Å². The zero-order valence-corrected chi connectivity index (χ0v) is 12.8. The molecule has 0 radical (unpaired) electrons. The minimum Gasteiger partial charge on any atom is -0.385 e. The fourth-order valence-corrected chi connectivity index (χ4v) is 2.19. The second-order valence-electron chi connectivity index (χ2n) is 5.07. The van der Waals surface area contributed by atoms with Gasteiger partial charge in [0.25, 0.3) is 5.91 Å². The van der Waals surface area contributed by atoms with Crippen LogP contribution in [0.15, 0.2) is 30.5 Å². The summed E-state index contributed by atoms with van der Waals surface area (Å²) in [7, 11) is 1.89. The first-order valence-electron chi connectivity index (χ1n) is 7.21. The van der Waals surface area contributed by atoms with Gasteiger partial charge in [0.1, 0.15) is 0 Å². The van der Waals surface area contributed by atoms with Crippen molar-refractivity contribution in [3.8, 4) is 0 Å². The average molecular weight is 286 g/mol. The number of anilines is 1. The van der Waals surface area contributed by atoms with E-state index in [1.165, 1.54) is 0 Å². The van der Waals surface area contributed by atoms with Gasteiger partial charge in [-0.2, -0.15) is 5.10 Å². The normalized spacial score (nSPS) is 10.4. The van der Waals surface area contributed by atoms with Gasteiger partial charge in [0.15, 0.2) is 0 Å². The number of nitrogens with zero attached hydrogens (tertiary/aromatic N) is 2. The minimum atomic E-state index is -0.0538. The van der Waals surface area contributed by atoms with Crippen LogP contribution < -0.4 is 10.6 Å².